The van der Waals surface area contributed by atoms with Gasteiger partial charge in [-0.2, -0.15) is 0 Å². The number of phenolic OH excluding ortho intramolecular Hbond substituents is 1. The van der Waals surface area contributed by atoms with Gasteiger partial charge in [0.2, 0.25) is 0 Å². The second kappa shape index (κ2) is 10.4. The highest BCUT2D eigenvalue weighted by atomic mass is 16.3. The van der Waals surface area contributed by atoms with Crippen LogP contribution in [0, 0.1) is 0 Å². The molecular weight excluding hydrogens is 416 g/mol. The van der Waals surface area contributed by atoms with E-state index in [1.54, 1.807) is 0 Å². The average molecular weight is 463 g/mol. The summed E-state index contributed by atoms with van der Waals surface area (Å²) in [6, 6.07) is 10.7. The second-order valence-corrected chi connectivity index (χ2v) is 12.2. The monoisotopic (exact) mass is 462 g/mol. The van der Waals surface area contributed by atoms with E-state index in [4.69, 9.17) is 4.99 Å². The molecule has 34 heavy (non-hydrogen) atoms. The van der Waals surface area contributed by atoms with Crippen molar-refractivity contribution in [2.24, 2.45) is 4.99 Å². The molecule has 2 aromatic carbocycles. The van der Waals surface area contributed by atoms with E-state index in [2.05, 4.69) is 111 Å². The fourth-order valence-corrected chi connectivity index (χ4v) is 4.15. The largest absolute Gasteiger partial charge is 0.505 e. The molecule has 0 unspecified atom stereocenters. The Kier molecular flexibility index (Phi) is 8.45. The van der Waals surface area contributed by atoms with Gasteiger partial charge < -0.3 is 10.4 Å². The van der Waals surface area contributed by atoms with Gasteiger partial charge in [-0.3, -0.25) is 4.99 Å². The lowest BCUT2D eigenvalue weighted by molar-refractivity contribution is 0.447. The van der Waals surface area contributed by atoms with Crippen molar-refractivity contribution in [3.05, 3.63) is 64.4 Å². The van der Waals surface area contributed by atoms with Crippen LogP contribution in [-0.2, 0) is 10.8 Å². The van der Waals surface area contributed by atoms with Gasteiger partial charge in [0.1, 0.15) is 5.75 Å². The Morgan fingerprint density at radius 1 is 0.882 bits per heavy atom. The summed E-state index contributed by atoms with van der Waals surface area (Å²) in [6.45, 7) is 25.9. The molecule has 0 aliphatic heterocycles. The number of benzene rings is 2. The molecule has 0 saturated carbocycles. The first-order valence-electron chi connectivity index (χ1n) is 12.5. The minimum Gasteiger partial charge on any atom is -0.505 e. The predicted octanol–water partition coefficient (Wildman–Crippen LogP) is 9.34. The van der Waals surface area contributed by atoms with Crippen molar-refractivity contribution in [2.45, 2.75) is 106 Å². The molecule has 2 rings (SSSR count). The summed E-state index contributed by atoms with van der Waals surface area (Å²) in [5.41, 5.74) is 8.21. The van der Waals surface area contributed by atoms with Crippen molar-refractivity contribution < 1.29 is 5.11 Å². The molecule has 186 valence electrons. The first-order chi connectivity index (χ1) is 15.5. The maximum absolute atomic E-state index is 11.1. The highest BCUT2D eigenvalue weighted by molar-refractivity contribution is 5.96. The first-order valence-corrected chi connectivity index (χ1v) is 12.5. The van der Waals surface area contributed by atoms with E-state index in [1.165, 1.54) is 16.7 Å². The van der Waals surface area contributed by atoms with Crippen LogP contribution < -0.4 is 5.32 Å². The predicted molar refractivity (Wildman–Crippen MR) is 150 cm³/mol. The van der Waals surface area contributed by atoms with E-state index >= 15 is 0 Å². The molecule has 0 aliphatic carbocycles. The number of aliphatic imine (C=N–C) groups is 1. The molecule has 3 nitrogen and oxygen atoms in total. The molecule has 0 fully saturated rings. The van der Waals surface area contributed by atoms with Crippen LogP contribution in [0.1, 0.15) is 117 Å². The highest BCUT2D eigenvalue weighted by Gasteiger charge is 2.25. The van der Waals surface area contributed by atoms with Crippen molar-refractivity contribution in [3.8, 4) is 5.75 Å². The molecular formula is C31H46N2O. The molecule has 0 saturated heterocycles. The molecule has 0 heterocycles. The van der Waals surface area contributed by atoms with Crippen LogP contribution >= 0.6 is 0 Å². The van der Waals surface area contributed by atoms with E-state index in [9.17, 15) is 5.11 Å². The van der Waals surface area contributed by atoms with Gasteiger partial charge in [0.05, 0.1) is 11.4 Å². The van der Waals surface area contributed by atoms with Crippen LogP contribution in [-0.4, -0.2) is 10.8 Å². The molecule has 0 radical (unpaired) electrons. The zero-order valence-electron chi connectivity index (χ0n) is 23.5. The number of hydrogen-bond donors (Lipinski definition) is 2. The van der Waals surface area contributed by atoms with Crippen molar-refractivity contribution >= 4 is 17.1 Å². The average Bonchev–Trinajstić information content (AvgIpc) is 2.67. The minimum atomic E-state index is -0.162. The van der Waals surface area contributed by atoms with Crippen LogP contribution in [0.2, 0.25) is 0 Å². The van der Waals surface area contributed by atoms with E-state index in [1.807, 2.05) is 13.8 Å². The number of phenols is 1. The second-order valence-electron chi connectivity index (χ2n) is 12.2. The topological polar surface area (TPSA) is 44.6 Å². The maximum atomic E-state index is 11.1. The molecule has 0 bridgehead atoms. The van der Waals surface area contributed by atoms with Crippen molar-refractivity contribution in [1.29, 1.82) is 0 Å². The zero-order chi connectivity index (χ0) is 26.0. The van der Waals surface area contributed by atoms with Gasteiger partial charge in [0.25, 0.3) is 0 Å². The first kappa shape index (κ1) is 27.7. The highest BCUT2D eigenvalue weighted by Crippen LogP contribution is 2.41. The molecule has 0 aliphatic rings. The molecule has 2 aromatic rings. The number of nitrogens with zero attached hydrogens (tertiary/aromatic N) is 1. The Bertz CT molecular complexity index is 1050. The summed E-state index contributed by atoms with van der Waals surface area (Å²) in [5, 5.41) is 14.6. The summed E-state index contributed by atoms with van der Waals surface area (Å²) in [7, 11) is 0. The Hall–Kier alpha value is -2.55. The van der Waals surface area contributed by atoms with Gasteiger partial charge in [0.15, 0.2) is 0 Å². The van der Waals surface area contributed by atoms with Crippen LogP contribution in [0.4, 0.5) is 11.4 Å². The number of anilines is 1. The lowest BCUT2D eigenvalue weighted by atomic mass is 9.79. The van der Waals surface area contributed by atoms with Gasteiger partial charge in [-0.05, 0) is 65.3 Å². The SMILES string of the molecule is CC(/C=C(\C)Nc1cc(C(C)(C)C)cc(C(C)(C)C)c1O)=Nc1c(C(C)C)cccc1C(C)C. The number of nitrogens with one attached hydrogen (secondary N) is 1. The third-order valence-electron chi connectivity index (χ3n) is 6.17. The summed E-state index contributed by atoms with van der Waals surface area (Å²) >= 11 is 0. The Balaban J connectivity index is 2.51. The fraction of sp³-hybridized carbons (Fsp3) is 0.516. The van der Waals surface area contributed by atoms with Crippen molar-refractivity contribution in [3.63, 3.8) is 0 Å². The lowest BCUT2D eigenvalue weighted by Crippen LogP contribution is -2.17. The van der Waals surface area contributed by atoms with E-state index < -0.39 is 0 Å². The summed E-state index contributed by atoms with van der Waals surface area (Å²) in [4.78, 5) is 5.06. The van der Waals surface area contributed by atoms with Crippen LogP contribution in [0.25, 0.3) is 0 Å². The van der Waals surface area contributed by atoms with Gasteiger partial charge >= 0.3 is 0 Å². The molecule has 3 heteroatoms. The van der Waals surface area contributed by atoms with E-state index in [0.29, 0.717) is 17.6 Å². The standard InChI is InChI=1S/C31H46N2O/c1-19(2)24-14-13-15-25(20(3)4)28(24)33-22(6)16-21(5)32-27-18-23(30(7,8)9)17-26(29(27)34)31(10,11)12/h13-20,32,34H,1-12H3/b21-16+,33-22?. The smallest absolute Gasteiger partial charge is 0.142 e. The van der Waals surface area contributed by atoms with E-state index in [0.717, 1.165) is 28.3 Å². The minimum absolute atomic E-state index is 0.0209. The summed E-state index contributed by atoms with van der Waals surface area (Å²) in [6.07, 6.45) is 2.06. The number of rotatable bonds is 6. The van der Waals surface area contributed by atoms with Gasteiger partial charge in [-0.25, -0.2) is 0 Å². The van der Waals surface area contributed by atoms with E-state index in [-0.39, 0.29) is 10.8 Å². The Labute approximate surface area is 208 Å². The third kappa shape index (κ3) is 6.74. The quantitative estimate of drug-likeness (QED) is 0.332. The molecule has 0 aromatic heterocycles. The lowest BCUT2D eigenvalue weighted by Gasteiger charge is -2.28. The van der Waals surface area contributed by atoms with Gasteiger partial charge in [-0.15, -0.1) is 0 Å². The number of allylic oxidation sites excluding steroid dienone is 2. The molecule has 2 N–H and O–H groups in total. The van der Waals surface area contributed by atoms with Crippen molar-refractivity contribution in [1.82, 2.24) is 0 Å². The molecule has 0 amide bonds. The molecule has 0 atom stereocenters. The Morgan fingerprint density at radius 3 is 1.85 bits per heavy atom. The van der Waals surface area contributed by atoms with Crippen molar-refractivity contribution in [2.75, 3.05) is 5.32 Å². The molecule has 0 spiro atoms. The number of hydrogen-bond acceptors (Lipinski definition) is 3. The van der Waals surface area contributed by atoms with Crippen LogP contribution in [0.3, 0.4) is 0 Å². The number of para-hydroxylation sites is 1. The van der Waals surface area contributed by atoms with Gasteiger partial charge in [0, 0.05) is 17.0 Å². The summed E-state index contributed by atoms with van der Waals surface area (Å²) in [5.74, 6) is 1.12. The zero-order valence-corrected chi connectivity index (χ0v) is 23.5. The fourth-order valence-electron chi connectivity index (χ4n) is 4.15. The summed E-state index contributed by atoms with van der Waals surface area (Å²) < 4.78 is 0. The normalized spacial score (nSPS) is 13.7. The number of aromatic hydroxyl groups is 1. The maximum Gasteiger partial charge on any atom is 0.142 e. The van der Waals surface area contributed by atoms with Crippen LogP contribution in [0.5, 0.6) is 5.75 Å². The third-order valence-corrected chi connectivity index (χ3v) is 6.17. The van der Waals surface area contributed by atoms with Crippen LogP contribution in [0.15, 0.2) is 47.1 Å². The Morgan fingerprint density at radius 2 is 1.41 bits per heavy atom. The van der Waals surface area contributed by atoms with Gasteiger partial charge in [-0.1, -0.05) is 93.5 Å².